The molecule has 0 bridgehead atoms. The van der Waals surface area contributed by atoms with Gasteiger partial charge in [-0.1, -0.05) is 0 Å². The summed E-state index contributed by atoms with van der Waals surface area (Å²) in [5.41, 5.74) is 0. The van der Waals surface area contributed by atoms with Crippen molar-refractivity contribution in [3.8, 4) is 17.2 Å². The number of benzene rings is 1. The number of methoxy groups -OCH3 is 2. The molecule has 0 heterocycles. The molecule has 0 unspecified atom stereocenters. The highest BCUT2D eigenvalue weighted by molar-refractivity contribution is 14.1. The van der Waals surface area contributed by atoms with Crippen LogP contribution in [0.3, 0.4) is 0 Å². The van der Waals surface area contributed by atoms with Crippen LogP contribution in [0.25, 0.3) is 0 Å². The molecule has 0 saturated heterocycles. The third kappa shape index (κ3) is 2.40. The maximum absolute atomic E-state index is 12.1. The fourth-order valence-corrected chi connectivity index (χ4v) is 1.61. The average molecular weight is 312 g/mol. The zero-order valence-corrected chi connectivity index (χ0v) is 10.00. The Morgan fingerprint density at radius 1 is 1.21 bits per heavy atom. The molecule has 0 aromatic heterocycles. The minimum absolute atomic E-state index is 0.290. The number of hydrogen-bond acceptors (Lipinski definition) is 3. The highest BCUT2D eigenvalue weighted by Crippen LogP contribution is 2.38. The zero-order valence-electron chi connectivity index (χ0n) is 7.84. The Hall–Kier alpha value is -0.720. The summed E-state index contributed by atoms with van der Waals surface area (Å²) in [6.07, 6.45) is 0. The summed E-state index contributed by atoms with van der Waals surface area (Å²) in [5.74, 6) is 1.22. The van der Waals surface area contributed by atoms with E-state index in [1.165, 1.54) is 14.2 Å². The van der Waals surface area contributed by atoms with Gasteiger partial charge >= 0.3 is 0 Å². The average Bonchev–Trinajstić information content (AvgIpc) is 2.20. The molecular weight excluding hydrogens is 302 g/mol. The second kappa shape index (κ2) is 5.23. The fourth-order valence-electron chi connectivity index (χ4n) is 1.04. The van der Waals surface area contributed by atoms with Crippen LogP contribution in [0, 0.1) is 3.57 Å². The summed E-state index contributed by atoms with van der Waals surface area (Å²) in [6.45, 7) is -0.909. The summed E-state index contributed by atoms with van der Waals surface area (Å²) in [4.78, 5) is 0. The van der Waals surface area contributed by atoms with Gasteiger partial charge in [-0.15, -0.1) is 0 Å². The fraction of sp³-hybridized carbons (Fsp3) is 0.333. The van der Waals surface area contributed by atoms with Crippen molar-refractivity contribution in [3.63, 3.8) is 0 Å². The van der Waals surface area contributed by atoms with Crippen molar-refractivity contribution in [2.75, 3.05) is 21.1 Å². The minimum atomic E-state index is -0.909. The van der Waals surface area contributed by atoms with Crippen LogP contribution in [-0.4, -0.2) is 21.1 Å². The molecule has 0 spiro atoms. The highest BCUT2D eigenvalue weighted by Gasteiger charge is 2.12. The smallest absolute Gasteiger partial charge is 0.229 e. The first-order valence-electron chi connectivity index (χ1n) is 3.83. The van der Waals surface area contributed by atoms with E-state index in [2.05, 4.69) is 22.6 Å². The van der Waals surface area contributed by atoms with Gasteiger partial charge in [-0.3, -0.25) is 0 Å². The maximum Gasteiger partial charge on any atom is 0.229 e. The van der Waals surface area contributed by atoms with E-state index in [9.17, 15) is 4.39 Å². The van der Waals surface area contributed by atoms with Gasteiger partial charge in [0.2, 0.25) is 12.6 Å². The van der Waals surface area contributed by atoms with E-state index in [1.807, 2.05) is 0 Å². The van der Waals surface area contributed by atoms with E-state index in [0.717, 1.165) is 3.57 Å². The zero-order chi connectivity index (χ0) is 10.6. The Morgan fingerprint density at radius 2 is 1.71 bits per heavy atom. The summed E-state index contributed by atoms with van der Waals surface area (Å²) >= 11 is 2.11. The Labute approximate surface area is 95.3 Å². The molecule has 0 N–H and O–H groups in total. The van der Waals surface area contributed by atoms with Crippen molar-refractivity contribution in [1.29, 1.82) is 0 Å². The van der Waals surface area contributed by atoms with Gasteiger partial charge in [0.1, 0.15) is 0 Å². The number of ether oxygens (including phenoxy) is 3. The third-order valence-electron chi connectivity index (χ3n) is 1.62. The SMILES string of the molecule is COc1cc(I)cc(OC)c1OCF. The molecule has 0 atom stereocenters. The molecule has 78 valence electrons. The molecule has 0 radical (unpaired) electrons. The standard InChI is InChI=1S/C9H10FIO3/c1-12-7-3-6(11)4-8(13-2)9(7)14-5-10/h3-4H,5H2,1-2H3. The molecule has 0 fully saturated rings. The Balaban J connectivity index is 3.18. The van der Waals surface area contributed by atoms with Crippen molar-refractivity contribution in [1.82, 2.24) is 0 Å². The molecule has 0 saturated carbocycles. The van der Waals surface area contributed by atoms with Crippen LogP contribution in [-0.2, 0) is 0 Å². The van der Waals surface area contributed by atoms with Crippen LogP contribution in [0.5, 0.6) is 17.2 Å². The van der Waals surface area contributed by atoms with Gasteiger partial charge in [-0.05, 0) is 34.7 Å². The quantitative estimate of drug-likeness (QED) is 0.800. The molecule has 1 aromatic rings. The second-order valence-corrected chi connectivity index (χ2v) is 3.64. The van der Waals surface area contributed by atoms with E-state index in [1.54, 1.807) is 12.1 Å². The van der Waals surface area contributed by atoms with Crippen molar-refractivity contribution in [2.24, 2.45) is 0 Å². The van der Waals surface area contributed by atoms with Crippen LogP contribution in [0.2, 0.25) is 0 Å². The Kier molecular flexibility index (Phi) is 4.24. The predicted molar refractivity (Wildman–Crippen MR) is 58.9 cm³/mol. The number of alkyl halides is 1. The monoisotopic (exact) mass is 312 g/mol. The first-order valence-corrected chi connectivity index (χ1v) is 4.91. The van der Waals surface area contributed by atoms with Crippen molar-refractivity contribution < 1.29 is 18.6 Å². The van der Waals surface area contributed by atoms with E-state index in [4.69, 9.17) is 14.2 Å². The lowest BCUT2D eigenvalue weighted by atomic mass is 10.3. The van der Waals surface area contributed by atoms with Crippen molar-refractivity contribution in [2.45, 2.75) is 0 Å². The normalized spacial score (nSPS) is 9.71. The van der Waals surface area contributed by atoms with E-state index in [-0.39, 0.29) is 5.75 Å². The topological polar surface area (TPSA) is 27.7 Å². The summed E-state index contributed by atoms with van der Waals surface area (Å²) in [7, 11) is 2.99. The molecule has 1 rings (SSSR count). The lowest BCUT2D eigenvalue weighted by molar-refractivity contribution is 0.177. The van der Waals surface area contributed by atoms with Gasteiger partial charge in [0, 0.05) is 3.57 Å². The van der Waals surface area contributed by atoms with Crippen LogP contribution >= 0.6 is 22.6 Å². The van der Waals surface area contributed by atoms with Crippen molar-refractivity contribution >= 4 is 22.6 Å². The molecule has 0 amide bonds. The second-order valence-electron chi connectivity index (χ2n) is 2.39. The lowest BCUT2D eigenvalue weighted by Gasteiger charge is -2.12. The molecule has 0 aliphatic carbocycles. The number of hydrogen-bond donors (Lipinski definition) is 0. The maximum atomic E-state index is 12.1. The first kappa shape index (κ1) is 11.4. The highest BCUT2D eigenvalue weighted by atomic mass is 127. The number of halogens is 2. The van der Waals surface area contributed by atoms with Crippen LogP contribution in [0.4, 0.5) is 4.39 Å². The Morgan fingerprint density at radius 3 is 2.07 bits per heavy atom. The van der Waals surface area contributed by atoms with Crippen LogP contribution < -0.4 is 14.2 Å². The van der Waals surface area contributed by atoms with E-state index < -0.39 is 6.86 Å². The first-order chi connectivity index (χ1) is 6.72. The minimum Gasteiger partial charge on any atom is -0.493 e. The van der Waals surface area contributed by atoms with Gasteiger partial charge < -0.3 is 14.2 Å². The third-order valence-corrected chi connectivity index (χ3v) is 2.25. The van der Waals surface area contributed by atoms with Gasteiger partial charge in [0.15, 0.2) is 11.5 Å². The summed E-state index contributed by atoms with van der Waals surface area (Å²) in [5, 5.41) is 0. The van der Waals surface area contributed by atoms with Gasteiger partial charge in [0.25, 0.3) is 0 Å². The molecule has 14 heavy (non-hydrogen) atoms. The molecule has 0 aliphatic heterocycles. The predicted octanol–water partition coefficient (Wildman–Crippen LogP) is 2.61. The van der Waals surface area contributed by atoms with Gasteiger partial charge in [-0.25, -0.2) is 4.39 Å². The van der Waals surface area contributed by atoms with Crippen LogP contribution in [0.15, 0.2) is 12.1 Å². The molecule has 3 nitrogen and oxygen atoms in total. The molecular formula is C9H10FIO3. The van der Waals surface area contributed by atoms with Crippen molar-refractivity contribution in [3.05, 3.63) is 15.7 Å². The molecule has 0 aliphatic rings. The van der Waals surface area contributed by atoms with Gasteiger partial charge in [0.05, 0.1) is 14.2 Å². The van der Waals surface area contributed by atoms with Crippen LogP contribution in [0.1, 0.15) is 0 Å². The largest absolute Gasteiger partial charge is 0.493 e. The molecule has 1 aromatic carbocycles. The summed E-state index contributed by atoms with van der Waals surface area (Å²) in [6, 6.07) is 3.49. The molecule has 5 heteroatoms. The summed E-state index contributed by atoms with van der Waals surface area (Å²) < 4.78 is 27.9. The van der Waals surface area contributed by atoms with E-state index >= 15 is 0 Å². The lowest BCUT2D eigenvalue weighted by Crippen LogP contribution is -1.98. The van der Waals surface area contributed by atoms with E-state index in [0.29, 0.717) is 11.5 Å². The Bertz CT molecular complexity index is 292. The number of rotatable bonds is 4. The van der Waals surface area contributed by atoms with Gasteiger partial charge in [-0.2, -0.15) is 0 Å².